The number of benzene rings is 3. The second-order valence-electron chi connectivity index (χ2n) is 5.94. The normalized spacial score (nSPS) is 10.4. The van der Waals surface area contributed by atoms with Crippen molar-refractivity contribution < 1.29 is 13.9 Å². The lowest BCUT2D eigenvalue weighted by molar-refractivity contribution is -0.118. The molecule has 2 N–H and O–H groups in total. The van der Waals surface area contributed by atoms with E-state index < -0.39 is 11.7 Å². The van der Waals surface area contributed by atoms with E-state index in [0.29, 0.717) is 17.3 Å². The molecule has 0 aromatic heterocycles. The minimum Gasteiger partial charge on any atom is -0.483 e. The molecule has 4 nitrogen and oxygen atoms in total. The Morgan fingerprint density at radius 1 is 1.07 bits per heavy atom. The average Bonchev–Trinajstić information content (AvgIpc) is 2.68. The lowest BCUT2D eigenvalue weighted by atomic mass is 10.2. The van der Waals surface area contributed by atoms with Crippen LogP contribution in [0, 0.1) is 5.82 Å². The number of rotatable bonds is 7. The summed E-state index contributed by atoms with van der Waals surface area (Å²) in [5.74, 6) is -0.404. The average molecular weight is 464 g/mol. The topological polar surface area (TPSA) is 50.4 Å². The zero-order valence-electron chi connectivity index (χ0n) is 14.7. The van der Waals surface area contributed by atoms with Crippen LogP contribution in [0.2, 0.25) is 5.02 Å². The van der Waals surface area contributed by atoms with Crippen LogP contribution in [0.25, 0.3) is 0 Å². The molecule has 144 valence electrons. The number of anilines is 2. The Bertz CT molecular complexity index is 967. The van der Waals surface area contributed by atoms with Crippen molar-refractivity contribution in [1.82, 2.24) is 0 Å². The number of amides is 1. The van der Waals surface area contributed by atoms with Gasteiger partial charge in [0.2, 0.25) is 0 Å². The number of para-hydroxylation sites is 1. The van der Waals surface area contributed by atoms with Gasteiger partial charge < -0.3 is 15.4 Å². The van der Waals surface area contributed by atoms with Crippen molar-refractivity contribution in [3.63, 3.8) is 0 Å². The maximum Gasteiger partial charge on any atom is 0.262 e. The van der Waals surface area contributed by atoms with Gasteiger partial charge in [0, 0.05) is 17.3 Å². The number of ether oxygens (including phenoxy) is 1. The Hall–Kier alpha value is -2.57. The second kappa shape index (κ2) is 9.57. The second-order valence-corrected chi connectivity index (χ2v) is 7.23. The Morgan fingerprint density at radius 2 is 1.82 bits per heavy atom. The SMILES string of the molecule is O=C(COc1ccc(CNc2ccc(Cl)cc2)cc1Br)Nc1ccccc1F. The number of carbonyl (C=O) groups excluding carboxylic acids is 1. The predicted octanol–water partition coefficient (Wildman–Crippen LogP) is 5.87. The standard InChI is InChI=1S/C21H17BrClFN2O2/c22-17-11-14(12-25-16-8-6-15(23)7-9-16)5-10-20(17)28-13-21(27)26-19-4-2-1-3-18(19)24/h1-11,25H,12-13H2,(H,26,27). The molecule has 0 spiro atoms. The highest BCUT2D eigenvalue weighted by atomic mass is 79.9. The molecule has 28 heavy (non-hydrogen) atoms. The molecular weight excluding hydrogens is 447 g/mol. The van der Waals surface area contributed by atoms with E-state index in [1.807, 2.05) is 36.4 Å². The molecule has 0 aliphatic rings. The highest BCUT2D eigenvalue weighted by Crippen LogP contribution is 2.26. The molecule has 0 radical (unpaired) electrons. The van der Waals surface area contributed by atoms with Gasteiger partial charge in [0.25, 0.3) is 5.91 Å². The van der Waals surface area contributed by atoms with Crippen LogP contribution in [0.5, 0.6) is 5.75 Å². The van der Waals surface area contributed by atoms with Crippen LogP contribution in [0.15, 0.2) is 71.2 Å². The van der Waals surface area contributed by atoms with Gasteiger partial charge in [0.15, 0.2) is 6.61 Å². The number of hydrogen-bond donors (Lipinski definition) is 2. The van der Waals surface area contributed by atoms with E-state index in [1.54, 1.807) is 18.2 Å². The van der Waals surface area contributed by atoms with E-state index in [4.69, 9.17) is 16.3 Å². The minimum atomic E-state index is -0.491. The number of nitrogens with one attached hydrogen (secondary N) is 2. The zero-order chi connectivity index (χ0) is 19.9. The van der Waals surface area contributed by atoms with E-state index in [1.165, 1.54) is 12.1 Å². The Morgan fingerprint density at radius 3 is 2.54 bits per heavy atom. The largest absolute Gasteiger partial charge is 0.483 e. The van der Waals surface area contributed by atoms with Gasteiger partial charge in [-0.25, -0.2) is 4.39 Å². The fourth-order valence-electron chi connectivity index (χ4n) is 2.44. The molecular formula is C21H17BrClFN2O2. The van der Waals surface area contributed by atoms with Gasteiger partial charge in [-0.3, -0.25) is 4.79 Å². The summed E-state index contributed by atoms with van der Waals surface area (Å²) in [6, 6.07) is 19.0. The highest BCUT2D eigenvalue weighted by molar-refractivity contribution is 9.10. The Balaban J connectivity index is 1.53. The van der Waals surface area contributed by atoms with Crippen LogP contribution in [0.4, 0.5) is 15.8 Å². The predicted molar refractivity (Wildman–Crippen MR) is 113 cm³/mol. The van der Waals surface area contributed by atoms with Crippen LogP contribution in [-0.4, -0.2) is 12.5 Å². The summed E-state index contributed by atoms with van der Waals surface area (Å²) >= 11 is 9.33. The summed E-state index contributed by atoms with van der Waals surface area (Å²) in [6.07, 6.45) is 0. The van der Waals surface area contributed by atoms with E-state index >= 15 is 0 Å². The molecule has 0 fully saturated rings. The molecule has 0 saturated heterocycles. The van der Waals surface area contributed by atoms with Crippen molar-refractivity contribution in [2.75, 3.05) is 17.2 Å². The van der Waals surface area contributed by atoms with Crippen LogP contribution in [-0.2, 0) is 11.3 Å². The summed E-state index contributed by atoms with van der Waals surface area (Å²) < 4.78 is 19.8. The molecule has 0 unspecified atom stereocenters. The van der Waals surface area contributed by atoms with E-state index in [2.05, 4.69) is 26.6 Å². The summed E-state index contributed by atoms with van der Waals surface area (Å²) in [6.45, 7) is 0.392. The molecule has 3 aromatic carbocycles. The van der Waals surface area contributed by atoms with Gasteiger partial charge >= 0.3 is 0 Å². The van der Waals surface area contributed by atoms with Crippen molar-refractivity contribution in [3.8, 4) is 5.75 Å². The minimum absolute atomic E-state index is 0.124. The van der Waals surface area contributed by atoms with E-state index in [0.717, 1.165) is 15.7 Å². The van der Waals surface area contributed by atoms with Crippen molar-refractivity contribution >= 4 is 44.8 Å². The van der Waals surface area contributed by atoms with Crippen molar-refractivity contribution in [1.29, 1.82) is 0 Å². The molecule has 3 aromatic rings. The van der Waals surface area contributed by atoms with Crippen LogP contribution >= 0.6 is 27.5 Å². The first-order valence-corrected chi connectivity index (χ1v) is 9.63. The fourth-order valence-corrected chi connectivity index (χ4v) is 3.10. The fraction of sp³-hybridized carbons (Fsp3) is 0.0952. The van der Waals surface area contributed by atoms with Crippen molar-refractivity contribution in [2.45, 2.75) is 6.54 Å². The summed E-state index contributed by atoms with van der Waals surface area (Å²) in [5, 5.41) is 6.47. The quantitative estimate of drug-likeness (QED) is 0.461. The van der Waals surface area contributed by atoms with Crippen molar-refractivity contribution in [2.24, 2.45) is 0 Å². The smallest absolute Gasteiger partial charge is 0.262 e. The Labute approximate surface area is 175 Å². The first-order valence-electron chi connectivity index (χ1n) is 8.46. The maximum atomic E-state index is 13.6. The number of halogens is 3. The van der Waals surface area contributed by atoms with Gasteiger partial charge in [-0.05, 0) is 70.0 Å². The summed E-state index contributed by atoms with van der Waals surface area (Å²) in [4.78, 5) is 12.0. The number of hydrogen-bond acceptors (Lipinski definition) is 3. The first-order chi connectivity index (χ1) is 13.5. The molecule has 0 aliphatic carbocycles. The molecule has 7 heteroatoms. The third-order valence-electron chi connectivity index (χ3n) is 3.84. The van der Waals surface area contributed by atoms with Gasteiger partial charge in [-0.1, -0.05) is 29.8 Å². The lowest BCUT2D eigenvalue weighted by Crippen LogP contribution is -2.20. The van der Waals surface area contributed by atoms with Gasteiger partial charge in [-0.2, -0.15) is 0 Å². The highest BCUT2D eigenvalue weighted by Gasteiger charge is 2.09. The molecule has 0 heterocycles. The van der Waals surface area contributed by atoms with Gasteiger partial charge in [0.05, 0.1) is 10.2 Å². The third kappa shape index (κ3) is 5.71. The first kappa shape index (κ1) is 20.2. The van der Waals surface area contributed by atoms with Gasteiger partial charge in [-0.15, -0.1) is 0 Å². The molecule has 3 rings (SSSR count). The lowest BCUT2D eigenvalue weighted by Gasteiger charge is -2.11. The molecule has 0 saturated carbocycles. The molecule has 0 aliphatic heterocycles. The van der Waals surface area contributed by atoms with Gasteiger partial charge in [0.1, 0.15) is 11.6 Å². The molecule has 0 bridgehead atoms. The van der Waals surface area contributed by atoms with Crippen molar-refractivity contribution in [3.05, 3.63) is 87.6 Å². The number of carbonyl (C=O) groups is 1. The van der Waals surface area contributed by atoms with Crippen LogP contribution < -0.4 is 15.4 Å². The summed E-state index contributed by atoms with van der Waals surface area (Å²) in [5.41, 5.74) is 2.12. The van der Waals surface area contributed by atoms with Crippen LogP contribution in [0.1, 0.15) is 5.56 Å². The molecule has 1 amide bonds. The van der Waals surface area contributed by atoms with E-state index in [9.17, 15) is 9.18 Å². The van der Waals surface area contributed by atoms with Crippen LogP contribution in [0.3, 0.4) is 0 Å². The monoisotopic (exact) mass is 462 g/mol. The maximum absolute atomic E-state index is 13.6. The summed E-state index contributed by atoms with van der Waals surface area (Å²) in [7, 11) is 0. The zero-order valence-corrected chi connectivity index (χ0v) is 17.1. The molecule has 0 atom stereocenters. The Kier molecular flexibility index (Phi) is 6.90. The van der Waals surface area contributed by atoms with E-state index in [-0.39, 0.29) is 12.3 Å². The third-order valence-corrected chi connectivity index (χ3v) is 4.72.